The number of carbonyl (C=O) groups excluding carboxylic acids is 2. The van der Waals surface area contributed by atoms with Gasteiger partial charge in [0.1, 0.15) is 23.0 Å². The van der Waals surface area contributed by atoms with Gasteiger partial charge in [-0.05, 0) is 83.9 Å². The number of methoxy groups -OCH3 is 1. The summed E-state index contributed by atoms with van der Waals surface area (Å²) in [6.07, 6.45) is 0. The van der Waals surface area contributed by atoms with Crippen LogP contribution in [-0.2, 0) is 15.8 Å². The Kier molecular flexibility index (Phi) is 10.9. The number of hydrogen-bond acceptors (Lipinski definition) is 9. The summed E-state index contributed by atoms with van der Waals surface area (Å²) in [5.74, 6) is -0.256. The van der Waals surface area contributed by atoms with Gasteiger partial charge in [0.15, 0.2) is 0 Å². The number of rotatable bonds is 9. The van der Waals surface area contributed by atoms with E-state index in [0.29, 0.717) is 5.75 Å². The molecule has 0 fully saturated rings. The third-order valence-electron chi connectivity index (χ3n) is 6.19. The van der Waals surface area contributed by atoms with Gasteiger partial charge in [0.25, 0.3) is 10.4 Å². The Balaban J connectivity index is 0.00000462. The molecule has 11 heteroatoms. The smallest absolute Gasteiger partial charge is 0.716 e. The van der Waals surface area contributed by atoms with Gasteiger partial charge >= 0.3 is 63.3 Å². The number of carbonyl (C=O) groups is 2. The fourth-order valence-corrected chi connectivity index (χ4v) is 4.22. The van der Waals surface area contributed by atoms with Gasteiger partial charge in [-0.2, -0.15) is 0 Å². The molecule has 0 aromatic heterocycles. The second-order valence-electron chi connectivity index (χ2n) is 9.20. The minimum Gasteiger partial charge on any atom is -0.716 e. The van der Waals surface area contributed by atoms with Crippen molar-refractivity contribution in [2.75, 3.05) is 7.11 Å². The van der Waals surface area contributed by atoms with Crippen molar-refractivity contribution in [2.45, 2.75) is 19.3 Å². The van der Waals surface area contributed by atoms with E-state index in [9.17, 15) is 22.6 Å². The molecule has 0 spiro atoms. The predicted octanol–water partition coefficient (Wildman–Crippen LogP) is 2.30. The summed E-state index contributed by atoms with van der Waals surface area (Å²) < 4.78 is 52.1. The van der Waals surface area contributed by atoms with Gasteiger partial charge in [-0.1, -0.05) is 38.1 Å². The van der Waals surface area contributed by atoms with Gasteiger partial charge in [-0.25, -0.2) is 18.0 Å². The Morgan fingerprint density at radius 3 is 1.32 bits per heavy atom. The van der Waals surface area contributed by atoms with Crippen LogP contribution in [0.25, 0.3) is 0 Å². The van der Waals surface area contributed by atoms with Crippen LogP contribution in [0, 0.1) is 0 Å². The van der Waals surface area contributed by atoms with Gasteiger partial charge in [0.2, 0.25) is 0 Å². The zero-order valence-corrected chi connectivity index (χ0v) is 26.8. The molecule has 4 rings (SSSR count). The summed E-state index contributed by atoms with van der Waals surface area (Å²) in [6.45, 7) is 4.21. The van der Waals surface area contributed by atoms with Gasteiger partial charge in [0.05, 0.1) is 18.2 Å². The van der Waals surface area contributed by atoms with Crippen LogP contribution in [0.5, 0.6) is 23.0 Å². The van der Waals surface area contributed by atoms with E-state index in [2.05, 4.69) is 18.0 Å². The van der Waals surface area contributed by atoms with Crippen LogP contribution in [0.2, 0.25) is 0 Å². The van der Waals surface area contributed by atoms with Crippen molar-refractivity contribution in [1.82, 2.24) is 0 Å². The second kappa shape index (κ2) is 13.8. The van der Waals surface area contributed by atoms with Crippen molar-refractivity contribution in [3.05, 3.63) is 119 Å². The summed E-state index contributed by atoms with van der Waals surface area (Å²) >= 11 is 0. The molecule has 0 saturated carbocycles. The summed E-state index contributed by atoms with van der Waals surface area (Å²) in [5, 5.41) is 0. The van der Waals surface area contributed by atoms with E-state index in [1.807, 2.05) is 36.4 Å². The largest absolute Gasteiger partial charge is 1.00 e. The molecule has 4 aromatic carbocycles. The molecule has 4 aromatic rings. The van der Waals surface area contributed by atoms with E-state index >= 15 is 0 Å². The van der Waals surface area contributed by atoms with E-state index in [0.717, 1.165) is 16.9 Å². The number of hydrogen-bond donors (Lipinski definition) is 0. The molecule has 0 atom stereocenters. The number of benzene rings is 4. The first-order chi connectivity index (χ1) is 18.9. The molecule has 0 N–H and O–H groups in total. The van der Waals surface area contributed by atoms with Crippen LogP contribution in [0.1, 0.15) is 45.7 Å². The molecule has 9 nitrogen and oxygen atoms in total. The average molecular weight is 601 g/mol. The molecule has 41 heavy (non-hydrogen) atoms. The van der Waals surface area contributed by atoms with E-state index in [-0.39, 0.29) is 79.4 Å². The van der Waals surface area contributed by atoms with Crippen molar-refractivity contribution in [3.63, 3.8) is 0 Å². The number of ether oxygens (including phenoxy) is 3. The Morgan fingerprint density at radius 1 is 0.610 bits per heavy atom. The molecule has 0 bridgehead atoms. The van der Waals surface area contributed by atoms with Crippen molar-refractivity contribution in [1.29, 1.82) is 0 Å². The van der Waals surface area contributed by atoms with Crippen molar-refractivity contribution < 1.29 is 92.3 Å². The molecule has 206 valence electrons. The standard InChI is InChI=1S/C30H26O9S.K/c1-30(2,22-8-12-24(36-3)13-9-22)23-10-14-25(15-11-23)37-28(31)20-4-6-21(7-5-20)29(32)38-26-16-18-27(19-17-26)39-40(33,34)35;/h4-19H,1-3H3,(H,33,34,35);/q;+1/p-1. The van der Waals surface area contributed by atoms with Crippen LogP contribution in [-0.4, -0.2) is 32.0 Å². The maximum Gasteiger partial charge on any atom is 1.00 e. The summed E-state index contributed by atoms with van der Waals surface area (Å²) in [5.41, 5.74) is 2.27. The first-order valence-electron chi connectivity index (χ1n) is 12.0. The monoisotopic (exact) mass is 600 g/mol. The van der Waals surface area contributed by atoms with Crippen LogP contribution in [0.4, 0.5) is 0 Å². The van der Waals surface area contributed by atoms with E-state index < -0.39 is 22.3 Å². The minimum absolute atomic E-state index is 0. The zero-order valence-electron chi connectivity index (χ0n) is 22.8. The summed E-state index contributed by atoms with van der Waals surface area (Å²) in [6, 6.07) is 25.7. The fraction of sp³-hybridized carbons (Fsp3) is 0.133. The van der Waals surface area contributed by atoms with Crippen molar-refractivity contribution in [3.8, 4) is 23.0 Å². The second-order valence-corrected chi connectivity index (χ2v) is 10.2. The minimum atomic E-state index is -4.91. The first-order valence-corrected chi connectivity index (χ1v) is 13.3. The van der Waals surface area contributed by atoms with Crippen LogP contribution in [0.3, 0.4) is 0 Å². The number of esters is 2. The Bertz CT molecular complexity index is 1600. The maximum absolute atomic E-state index is 12.7. The van der Waals surface area contributed by atoms with Gasteiger partial charge in [-0.3, -0.25) is 0 Å². The molecule has 0 heterocycles. The van der Waals surface area contributed by atoms with Crippen LogP contribution < -0.4 is 69.8 Å². The quantitative estimate of drug-likeness (QED) is 0.0935. The van der Waals surface area contributed by atoms with Crippen LogP contribution >= 0.6 is 0 Å². The Hall–Kier alpha value is -3.03. The normalized spacial score (nSPS) is 11.1. The van der Waals surface area contributed by atoms with E-state index in [1.54, 1.807) is 19.2 Å². The topological polar surface area (TPSA) is 128 Å². The van der Waals surface area contributed by atoms with Gasteiger partial charge in [-0.15, -0.1) is 0 Å². The Labute approximate surface area is 280 Å². The molecular weight excluding hydrogens is 575 g/mol. The van der Waals surface area contributed by atoms with E-state index in [1.165, 1.54) is 48.5 Å². The van der Waals surface area contributed by atoms with Crippen molar-refractivity contribution in [2.24, 2.45) is 0 Å². The van der Waals surface area contributed by atoms with Gasteiger partial charge < -0.3 is 22.9 Å². The third-order valence-corrected chi connectivity index (χ3v) is 6.58. The average Bonchev–Trinajstić information content (AvgIpc) is 2.93. The fourth-order valence-electron chi connectivity index (χ4n) is 3.87. The summed E-state index contributed by atoms with van der Waals surface area (Å²) in [7, 11) is -3.28. The molecule has 0 saturated heterocycles. The first kappa shape index (κ1) is 32.5. The van der Waals surface area contributed by atoms with E-state index in [4.69, 9.17) is 14.2 Å². The van der Waals surface area contributed by atoms with Gasteiger partial charge in [0, 0.05) is 5.41 Å². The summed E-state index contributed by atoms with van der Waals surface area (Å²) in [4.78, 5) is 25.1. The molecule has 0 radical (unpaired) electrons. The molecule has 0 unspecified atom stereocenters. The van der Waals surface area contributed by atoms with Crippen molar-refractivity contribution >= 4 is 22.3 Å². The molecule has 0 amide bonds. The van der Waals surface area contributed by atoms with Crippen LogP contribution in [0.15, 0.2) is 97.1 Å². The SMILES string of the molecule is COc1ccc(C(C)(C)c2ccc(OC(=O)c3ccc(C(=O)Oc4ccc(OS(=O)(=O)[O-])cc4)cc3)cc2)cc1.[K+]. The maximum atomic E-state index is 12.7. The zero-order chi connectivity index (χ0) is 28.9. The third kappa shape index (κ3) is 8.73. The molecule has 0 aliphatic heterocycles. The molecule has 0 aliphatic carbocycles. The Morgan fingerprint density at radius 2 is 0.951 bits per heavy atom. The molecule has 0 aliphatic rings. The predicted molar refractivity (Wildman–Crippen MR) is 145 cm³/mol. The molecular formula is C30H25KO9S.